The molecule has 4 nitrogen and oxygen atoms in total. The molecular formula is C12H8BrF3N2O2. The van der Waals surface area contributed by atoms with E-state index >= 15 is 0 Å². The third-order valence-electron chi connectivity index (χ3n) is 2.28. The Balaban J connectivity index is 2.36. The molecule has 0 saturated heterocycles. The third kappa shape index (κ3) is 3.19. The van der Waals surface area contributed by atoms with Crippen LogP contribution in [0.3, 0.4) is 0 Å². The minimum Gasteiger partial charge on any atom is -0.480 e. The van der Waals surface area contributed by atoms with Crippen LogP contribution in [0.5, 0.6) is 17.6 Å². The molecule has 0 amide bonds. The smallest absolute Gasteiger partial charge is 0.419 e. The monoisotopic (exact) mass is 348 g/mol. The highest BCUT2D eigenvalue weighted by Crippen LogP contribution is 2.37. The first kappa shape index (κ1) is 14.6. The quantitative estimate of drug-likeness (QED) is 0.838. The maximum absolute atomic E-state index is 12.8. The molecule has 0 radical (unpaired) electrons. The lowest BCUT2D eigenvalue weighted by Crippen LogP contribution is -2.07. The number of para-hydroxylation sites is 1. The van der Waals surface area contributed by atoms with Gasteiger partial charge in [0.15, 0.2) is 0 Å². The molecule has 8 heteroatoms. The number of alkyl halides is 3. The lowest BCUT2D eigenvalue weighted by atomic mass is 10.2. The highest BCUT2D eigenvalue weighted by molar-refractivity contribution is 9.10. The van der Waals surface area contributed by atoms with Crippen LogP contribution < -0.4 is 9.47 Å². The van der Waals surface area contributed by atoms with Crippen LogP contribution in [0, 0.1) is 0 Å². The fraction of sp³-hybridized carbons (Fsp3) is 0.167. The second kappa shape index (κ2) is 5.66. The van der Waals surface area contributed by atoms with Crippen LogP contribution in [0.2, 0.25) is 0 Å². The molecule has 2 aromatic rings. The molecule has 1 heterocycles. The Morgan fingerprint density at radius 2 is 1.90 bits per heavy atom. The van der Waals surface area contributed by atoms with Gasteiger partial charge in [0.2, 0.25) is 5.88 Å². The highest BCUT2D eigenvalue weighted by Gasteiger charge is 2.34. The van der Waals surface area contributed by atoms with Gasteiger partial charge in [-0.25, -0.2) is 4.98 Å². The van der Waals surface area contributed by atoms with E-state index in [-0.39, 0.29) is 17.6 Å². The Morgan fingerprint density at radius 3 is 2.55 bits per heavy atom. The summed E-state index contributed by atoms with van der Waals surface area (Å²) in [6.07, 6.45) is -3.19. The summed E-state index contributed by atoms with van der Waals surface area (Å²) in [6, 6.07) is 4.59. The normalized spacial score (nSPS) is 11.2. The van der Waals surface area contributed by atoms with E-state index in [1.54, 1.807) is 0 Å². The maximum atomic E-state index is 12.8. The minimum absolute atomic E-state index is 0.166. The van der Waals surface area contributed by atoms with Crippen molar-refractivity contribution < 1.29 is 22.6 Å². The van der Waals surface area contributed by atoms with Crippen LogP contribution in [0.25, 0.3) is 0 Å². The van der Waals surface area contributed by atoms with Crippen molar-refractivity contribution in [1.29, 1.82) is 0 Å². The summed E-state index contributed by atoms with van der Waals surface area (Å²) in [5.74, 6) is -0.205. The molecule has 0 atom stereocenters. The van der Waals surface area contributed by atoms with Gasteiger partial charge in [-0.3, -0.25) is 0 Å². The van der Waals surface area contributed by atoms with Crippen molar-refractivity contribution >= 4 is 15.9 Å². The van der Waals surface area contributed by atoms with Crippen molar-refractivity contribution in [2.45, 2.75) is 6.18 Å². The second-order valence-electron chi connectivity index (χ2n) is 3.61. The number of halogens is 4. The molecule has 0 saturated carbocycles. The van der Waals surface area contributed by atoms with Crippen molar-refractivity contribution in [2.24, 2.45) is 0 Å². The van der Waals surface area contributed by atoms with E-state index in [2.05, 4.69) is 25.9 Å². The molecular weight excluding hydrogens is 341 g/mol. The molecule has 106 valence electrons. The average Bonchev–Trinajstić information content (AvgIpc) is 2.40. The Morgan fingerprint density at radius 1 is 1.20 bits per heavy atom. The number of nitrogens with zero attached hydrogens (tertiary/aromatic N) is 2. The summed E-state index contributed by atoms with van der Waals surface area (Å²) in [5, 5.41) is 0. The molecule has 0 aliphatic rings. The standard InChI is InChI=1S/C12H8BrF3N2O2/c1-19-10-8(13)6-17-11(18-10)20-9-5-3-2-4-7(9)12(14,15)16/h2-6H,1H3. The summed E-state index contributed by atoms with van der Waals surface area (Å²) >= 11 is 3.14. The molecule has 0 spiro atoms. The van der Waals surface area contributed by atoms with Crippen LogP contribution in [0.4, 0.5) is 13.2 Å². The number of benzene rings is 1. The van der Waals surface area contributed by atoms with Crippen molar-refractivity contribution in [3.05, 3.63) is 40.5 Å². The molecule has 0 bridgehead atoms. The molecule has 0 aliphatic heterocycles. The number of hydrogen-bond donors (Lipinski definition) is 0. The lowest BCUT2D eigenvalue weighted by Gasteiger charge is -2.12. The Bertz CT molecular complexity index is 620. The van der Waals surface area contributed by atoms with Crippen molar-refractivity contribution in [3.63, 3.8) is 0 Å². The van der Waals surface area contributed by atoms with Gasteiger partial charge in [0.1, 0.15) is 5.75 Å². The number of rotatable bonds is 3. The topological polar surface area (TPSA) is 44.2 Å². The summed E-state index contributed by atoms with van der Waals surface area (Å²) in [5.41, 5.74) is -0.898. The first-order chi connectivity index (χ1) is 9.41. The largest absolute Gasteiger partial charge is 0.480 e. The minimum atomic E-state index is -4.52. The van der Waals surface area contributed by atoms with Crippen molar-refractivity contribution in [3.8, 4) is 17.6 Å². The van der Waals surface area contributed by atoms with E-state index in [9.17, 15) is 13.2 Å². The van der Waals surface area contributed by atoms with E-state index in [1.807, 2.05) is 0 Å². The van der Waals surface area contributed by atoms with Gasteiger partial charge >= 0.3 is 12.2 Å². The third-order valence-corrected chi connectivity index (χ3v) is 2.82. The molecule has 0 aliphatic carbocycles. The molecule has 20 heavy (non-hydrogen) atoms. The Labute approximate surface area is 120 Å². The summed E-state index contributed by atoms with van der Waals surface area (Å²) in [6.45, 7) is 0. The Hall–Kier alpha value is -1.83. The number of hydrogen-bond acceptors (Lipinski definition) is 4. The molecule has 0 N–H and O–H groups in total. The second-order valence-corrected chi connectivity index (χ2v) is 4.46. The SMILES string of the molecule is COc1nc(Oc2ccccc2C(F)(F)F)ncc1Br. The zero-order chi connectivity index (χ0) is 14.8. The lowest BCUT2D eigenvalue weighted by molar-refractivity contribution is -0.138. The first-order valence-corrected chi connectivity index (χ1v) is 6.11. The van der Waals surface area contributed by atoms with Gasteiger partial charge < -0.3 is 9.47 Å². The first-order valence-electron chi connectivity index (χ1n) is 5.32. The number of ether oxygens (including phenoxy) is 2. The fourth-order valence-corrected chi connectivity index (χ4v) is 1.77. The van der Waals surface area contributed by atoms with Crippen LogP contribution in [-0.2, 0) is 6.18 Å². The fourth-order valence-electron chi connectivity index (χ4n) is 1.42. The Kier molecular flexibility index (Phi) is 4.12. The predicted octanol–water partition coefficient (Wildman–Crippen LogP) is 4.06. The number of methoxy groups -OCH3 is 1. The zero-order valence-electron chi connectivity index (χ0n) is 10.1. The van der Waals surface area contributed by atoms with Gasteiger partial charge in [-0.15, -0.1) is 0 Å². The predicted molar refractivity (Wildman–Crippen MR) is 67.8 cm³/mol. The van der Waals surface area contributed by atoms with Gasteiger partial charge in [0.25, 0.3) is 0 Å². The molecule has 0 unspecified atom stereocenters. The maximum Gasteiger partial charge on any atom is 0.419 e. The summed E-state index contributed by atoms with van der Waals surface area (Å²) in [4.78, 5) is 7.62. The van der Waals surface area contributed by atoms with Crippen molar-refractivity contribution in [2.75, 3.05) is 7.11 Å². The summed E-state index contributed by atoms with van der Waals surface area (Å²) in [7, 11) is 1.38. The van der Waals surface area contributed by atoms with Gasteiger partial charge in [-0.1, -0.05) is 12.1 Å². The number of aromatic nitrogens is 2. The molecule has 1 aromatic heterocycles. The van der Waals surface area contributed by atoms with Gasteiger partial charge in [0, 0.05) is 0 Å². The van der Waals surface area contributed by atoms with Crippen molar-refractivity contribution in [1.82, 2.24) is 9.97 Å². The van der Waals surface area contributed by atoms with E-state index in [4.69, 9.17) is 9.47 Å². The van der Waals surface area contributed by atoms with Gasteiger partial charge in [-0.2, -0.15) is 18.2 Å². The molecule has 0 fully saturated rings. The van der Waals surface area contributed by atoms with E-state index in [0.717, 1.165) is 6.07 Å². The van der Waals surface area contributed by atoms with Crippen LogP contribution in [0.1, 0.15) is 5.56 Å². The van der Waals surface area contributed by atoms with Crippen LogP contribution in [-0.4, -0.2) is 17.1 Å². The summed E-state index contributed by atoms with van der Waals surface area (Å²) < 4.78 is 48.9. The van der Waals surface area contributed by atoms with Gasteiger partial charge in [0.05, 0.1) is 23.3 Å². The van der Waals surface area contributed by atoms with Gasteiger partial charge in [-0.05, 0) is 28.1 Å². The van der Waals surface area contributed by atoms with Crippen LogP contribution in [0.15, 0.2) is 34.9 Å². The van der Waals surface area contributed by atoms with E-state index in [1.165, 1.54) is 31.5 Å². The molecule has 2 rings (SSSR count). The molecule has 1 aromatic carbocycles. The average molecular weight is 349 g/mol. The van der Waals surface area contributed by atoms with E-state index < -0.39 is 11.7 Å². The van der Waals surface area contributed by atoms with Crippen LogP contribution >= 0.6 is 15.9 Å². The zero-order valence-corrected chi connectivity index (χ0v) is 11.7. The van der Waals surface area contributed by atoms with E-state index in [0.29, 0.717) is 4.47 Å². The highest BCUT2D eigenvalue weighted by atomic mass is 79.9.